The Balaban J connectivity index is 1.92. The van der Waals surface area contributed by atoms with Crippen LogP contribution in [0.2, 0.25) is 0 Å². The molecular weight excluding hydrogens is 268 g/mol. The van der Waals surface area contributed by atoms with Gasteiger partial charge in [-0.15, -0.1) is 0 Å². The Morgan fingerprint density at radius 3 is 2.76 bits per heavy atom. The van der Waals surface area contributed by atoms with Gasteiger partial charge in [0.2, 0.25) is 0 Å². The number of nitrogen functional groups attached to an aromatic ring is 1. The fourth-order valence-electron chi connectivity index (χ4n) is 2.41. The number of nitrogens with two attached hydrogens (primary N) is 1. The molecule has 0 saturated heterocycles. The number of carbonyl (C=O) groups is 1. The minimum Gasteiger partial charge on any atom is -0.482 e. The van der Waals surface area contributed by atoms with Crippen molar-refractivity contribution in [3.05, 3.63) is 24.3 Å². The maximum atomic E-state index is 12.4. The molecule has 2 N–H and O–H groups in total. The van der Waals surface area contributed by atoms with Crippen molar-refractivity contribution in [1.29, 1.82) is 0 Å². The van der Waals surface area contributed by atoms with E-state index >= 15 is 0 Å². The van der Waals surface area contributed by atoms with E-state index in [1.54, 1.807) is 19.2 Å². The Morgan fingerprint density at radius 2 is 2.14 bits per heavy atom. The van der Waals surface area contributed by atoms with Gasteiger partial charge in [0.1, 0.15) is 5.75 Å². The van der Waals surface area contributed by atoms with Crippen molar-refractivity contribution in [3.8, 4) is 5.75 Å². The molecule has 1 atom stereocenters. The first-order valence-electron chi connectivity index (χ1n) is 7.39. The lowest BCUT2D eigenvalue weighted by molar-refractivity contribution is -0.136. The quantitative estimate of drug-likeness (QED) is 0.743. The van der Waals surface area contributed by atoms with Crippen molar-refractivity contribution in [2.45, 2.75) is 25.8 Å². The number of hydrogen-bond donors (Lipinski definition) is 1. The van der Waals surface area contributed by atoms with Gasteiger partial charge >= 0.3 is 0 Å². The maximum absolute atomic E-state index is 12.4. The number of benzene rings is 1. The molecule has 0 bridgehead atoms. The second-order valence-electron chi connectivity index (χ2n) is 5.48. The van der Waals surface area contributed by atoms with E-state index in [1.807, 2.05) is 17.0 Å². The van der Waals surface area contributed by atoms with Crippen LogP contribution in [0.25, 0.3) is 0 Å². The van der Waals surface area contributed by atoms with Gasteiger partial charge in [-0.1, -0.05) is 12.1 Å². The molecular formula is C16H24N2O3. The van der Waals surface area contributed by atoms with Crippen LogP contribution in [-0.4, -0.2) is 43.7 Å². The molecule has 1 unspecified atom stereocenters. The highest BCUT2D eigenvalue weighted by Gasteiger charge is 2.34. The topological polar surface area (TPSA) is 64.8 Å². The smallest absolute Gasteiger partial charge is 0.260 e. The van der Waals surface area contributed by atoms with Crippen LogP contribution in [0.4, 0.5) is 5.69 Å². The van der Waals surface area contributed by atoms with Crippen molar-refractivity contribution < 1.29 is 14.3 Å². The Kier molecular flexibility index (Phi) is 5.44. The molecule has 21 heavy (non-hydrogen) atoms. The maximum Gasteiger partial charge on any atom is 0.260 e. The fraction of sp³-hybridized carbons (Fsp3) is 0.562. The molecule has 1 saturated carbocycles. The second-order valence-corrected chi connectivity index (χ2v) is 5.48. The zero-order valence-electron chi connectivity index (χ0n) is 12.7. The predicted molar refractivity (Wildman–Crippen MR) is 82.1 cm³/mol. The number of nitrogens with zero attached hydrogens (tertiary/aromatic N) is 1. The molecule has 2 rings (SSSR count). The lowest BCUT2D eigenvalue weighted by atomic mass is 10.2. The molecule has 1 fully saturated rings. The summed E-state index contributed by atoms with van der Waals surface area (Å²) in [6.07, 6.45) is 2.40. The molecule has 0 spiro atoms. The van der Waals surface area contributed by atoms with Gasteiger partial charge in [-0.05, 0) is 37.8 Å². The van der Waals surface area contributed by atoms with Crippen molar-refractivity contribution >= 4 is 11.6 Å². The molecule has 1 aromatic carbocycles. The molecule has 0 aliphatic heterocycles. The molecule has 0 radical (unpaired) electrons. The molecule has 1 aliphatic carbocycles. The molecule has 5 nitrogen and oxygen atoms in total. The van der Waals surface area contributed by atoms with Gasteiger partial charge in [-0.3, -0.25) is 4.79 Å². The van der Waals surface area contributed by atoms with E-state index in [1.165, 1.54) is 12.8 Å². The van der Waals surface area contributed by atoms with Crippen molar-refractivity contribution in [1.82, 2.24) is 4.90 Å². The van der Waals surface area contributed by atoms with Crippen LogP contribution < -0.4 is 10.5 Å². The lowest BCUT2D eigenvalue weighted by Crippen LogP contribution is -2.44. The molecule has 0 heterocycles. The van der Waals surface area contributed by atoms with Gasteiger partial charge in [0.05, 0.1) is 12.3 Å². The number of hydrogen-bond acceptors (Lipinski definition) is 4. The summed E-state index contributed by atoms with van der Waals surface area (Å²) < 4.78 is 10.7. The number of ether oxygens (including phenoxy) is 2. The van der Waals surface area contributed by atoms with Gasteiger partial charge in [-0.2, -0.15) is 0 Å². The van der Waals surface area contributed by atoms with Gasteiger partial charge < -0.3 is 20.1 Å². The number of amides is 1. The summed E-state index contributed by atoms with van der Waals surface area (Å²) in [5, 5.41) is 0. The normalized spacial score (nSPS) is 15.5. The Labute approximate surface area is 126 Å². The van der Waals surface area contributed by atoms with Gasteiger partial charge in [0.25, 0.3) is 5.91 Å². The second kappa shape index (κ2) is 7.31. The zero-order valence-corrected chi connectivity index (χ0v) is 12.7. The molecule has 1 aromatic rings. The summed E-state index contributed by atoms with van der Waals surface area (Å²) >= 11 is 0. The van der Waals surface area contributed by atoms with E-state index in [4.69, 9.17) is 15.2 Å². The molecule has 1 amide bonds. The first-order valence-corrected chi connectivity index (χ1v) is 7.39. The monoisotopic (exact) mass is 292 g/mol. The van der Waals surface area contributed by atoms with Crippen LogP contribution in [0.3, 0.4) is 0 Å². The standard InChI is InChI=1S/C16H24N2O3/c1-12(13-7-8-13)18(9-10-20-2)16(19)11-21-15-6-4-3-5-14(15)17/h3-6,12-13H,7-11,17H2,1-2H3. The molecule has 5 heteroatoms. The summed E-state index contributed by atoms with van der Waals surface area (Å²) in [5.74, 6) is 1.15. The molecule has 1 aliphatic rings. The summed E-state index contributed by atoms with van der Waals surface area (Å²) in [4.78, 5) is 14.3. The average Bonchev–Trinajstić information content (AvgIpc) is 3.31. The number of para-hydroxylation sites is 2. The van der Waals surface area contributed by atoms with Crippen molar-refractivity contribution in [2.75, 3.05) is 32.6 Å². The third-order valence-corrected chi connectivity index (χ3v) is 3.92. The van der Waals surface area contributed by atoms with E-state index in [0.717, 1.165) is 0 Å². The van der Waals surface area contributed by atoms with Crippen LogP contribution in [0.1, 0.15) is 19.8 Å². The van der Waals surface area contributed by atoms with Crippen LogP contribution in [0.5, 0.6) is 5.75 Å². The first-order chi connectivity index (χ1) is 10.1. The summed E-state index contributed by atoms with van der Waals surface area (Å²) in [5.41, 5.74) is 6.36. The zero-order chi connectivity index (χ0) is 15.2. The summed E-state index contributed by atoms with van der Waals surface area (Å²) in [6, 6.07) is 7.45. The van der Waals surface area contributed by atoms with E-state index < -0.39 is 0 Å². The van der Waals surface area contributed by atoms with Crippen LogP contribution in [0, 0.1) is 5.92 Å². The SMILES string of the molecule is COCCN(C(=O)COc1ccccc1N)C(C)C1CC1. The van der Waals surface area contributed by atoms with Crippen LogP contribution in [0.15, 0.2) is 24.3 Å². The van der Waals surface area contributed by atoms with Crippen molar-refractivity contribution in [3.63, 3.8) is 0 Å². The first kappa shape index (κ1) is 15.6. The largest absolute Gasteiger partial charge is 0.482 e. The predicted octanol–water partition coefficient (Wildman–Crippen LogP) is 1.92. The third-order valence-electron chi connectivity index (χ3n) is 3.92. The minimum atomic E-state index is -0.0188. The fourth-order valence-corrected chi connectivity index (χ4v) is 2.41. The Morgan fingerprint density at radius 1 is 1.43 bits per heavy atom. The van der Waals surface area contributed by atoms with E-state index in [9.17, 15) is 4.79 Å². The van der Waals surface area contributed by atoms with Crippen molar-refractivity contribution in [2.24, 2.45) is 5.92 Å². The molecule has 0 aromatic heterocycles. The average molecular weight is 292 g/mol. The highest BCUT2D eigenvalue weighted by Crippen LogP contribution is 2.35. The number of methoxy groups -OCH3 is 1. The van der Waals surface area contributed by atoms with E-state index in [2.05, 4.69) is 6.92 Å². The van der Waals surface area contributed by atoms with Crippen LogP contribution >= 0.6 is 0 Å². The van der Waals surface area contributed by atoms with Crippen LogP contribution in [-0.2, 0) is 9.53 Å². The highest BCUT2D eigenvalue weighted by atomic mass is 16.5. The summed E-state index contributed by atoms with van der Waals surface area (Å²) in [6.45, 7) is 3.24. The van der Waals surface area contributed by atoms with E-state index in [-0.39, 0.29) is 18.6 Å². The number of rotatable bonds is 8. The Bertz CT molecular complexity index is 474. The highest BCUT2D eigenvalue weighted by molar-refractivity contribution is 5.78. The number of anilines is 1. The van der Waals surface area contributed by atoms with E-state index in [0.29, 0.717) is 30.5 Å². The van der Waals surface area contributed by atoms with Gasteiger partial charge in [0, 0.05) is 19.7 Å². The van der Waals surface area contributed by atoms with Gasteiger partial charge in [-0.25, -0.2) is 0 Å². The lowest BCUT2D eigenvalue weighted by Gasteiger charge is -2.29. The minimum absolute atomic E-state index is 0.00892. The third kappa shape index (κ3) is 4.36. The summed E-state index contributed by atoms with van der Waals surface area (Å²) in [7, 11) is 1.64. The Hall–Kier alpha value is -1.75. The van der Waals surface area contributed by atoms with Gasteiger partial charge in [0.15, 0.2) is 6.61 Å². The number of carbonyl (C=O) groups excluding carboxylic acids is 1. The molecule has 116 valence electrons.